The number of ether oxygens (including phenoxy) is 1. The van der Waals surface area contributed by atoms with Gasteiger partial charge in [0, 0.05) is 6.61 Å². The molecule has 1 aliphatic heterocycles. The molecule has 1 amide bonds. The summed E-state index contributed by atoms with van der Waals surface area (Å²) in [5.41, 5.74) is 2.46. The van der Waals surface area contributed by atoms with Gasteiger partial charge in [-0.1, -0.05) is 38.1 Å². The van der Waals surface area contributed by atoms with Crippen molar-refractivity contribution in [1.29, 1.82) is 0 Å². The van der Waals surface area contributed by atoms with Gasteiger partial charge in [-0.2, -0.15) is 0 Å². The number of nitrogens with one attached hydrogen (secondary N) is 1. The standard InChI is InChI=1S/C16H23NO2/c1-11(2)13-6-8-14(9-7-13)12(3)17-16(18)15-5-4-10-19-15/h6-9,11-12,15H,4-5,10H2,1-3H3,(H,17,18)/t12-,15-/m0/s1. The van der Waals surface area contributed by atoms with Gasteiger partial charge in [-0.15, -0.1) is 0 Å². The molecular weight excluding hydrogens is 238 g/mol. The van der Waals surface area contributed by atoms with Crippen LogP contribution in [-0.2, 0) is 9.53 Å². The second-order valence-corrected chi connectivity index (χ2v) is 5.55. The lowest BCUT2D eigenvalue weighted by atomic mass is 9.99. The van der Waals surface area contributed by atoms with Crippen LogP contribution in [0.4, 0.5) is 0 Å². The van der Waals surface area contributed by atoms with E-state index in [4.69, 9.17) is 4.74 Å². The van der Waals surface area contributed by atoms with E-state index in [-0.39, 0.29) is 18.1 Å². The van der Waals surface area contributed by atoms with Crippen LogP contribution in [0.15, 0.2) is 24.3 Å². The number of hydrogen-bond acceptors (Lipinski definition) is 2. The predicted molar refractivity (Wildman–Crippen MR) is 76.1 cm³/mol. The molecular formula is C16H23NO2. The quantitative estimate of drug-likeness (QED) is 0.904. The first-order chi connectivity index (χ1) is 9.08. The van der Waals surface area contributed by atoms with E-state index in [0.717, 1.165) is 18.4 Å². The summed E-state index contributed by atoms with van der Waals surface area (Å²) in [5.74, 6) is 0.545. The molecule has 0 spiro atoms. The average molecular weight is 261 g/mol. The fourth-order valence-corrected chi connectivity index (χ4v) is 2.34. The van der Waals surface area contributed by atoms with Crippen molar-refractivity contribution in [2.75, 3.05) is 6.61 Å². The molecule has 1 saturated heterocycles. The van der Waals surface area contributed by atoms with Gasteiger partial charge in [0.2, 0.25) is 5.91 Å². The fourth-order valence-electron chi connectivity index (χ4n) is 2.34. The molecule has 1 fully saturated rings. The second kappa shape index (κ2) is 6.20. The van der Waals surface area contributed by atoms with Gasteiger partial charge in [-0.05, 0) is 36.8 Å². The maximum absolute atomic E-state index is 12.0. The Morgan fingerprint density at radius 1 is 1.21 bits per heavy atom. The molecule has 1 heterocycles. The fraction of sp³-hybridized carbons (Fsp3) is 0.562. The Kier molecular flexibility index (Phi) is 4.59. The Labute approximate surface area is 115 Å². The van der Waals surface area contributed by atoms with Crippen LogP contribution < -0.4 is 5.32 Å². The molecule has 0 aromatic heterocycles. The van der Waals surface area contributed by atoms with Gasteiger partial charge in [0.05, 0.1) is 6.04 Å². The zero-order valence-corrected chi connectivity index (χ0v) is 12.0. The van der Waals surface area contributed by atoms with Crippen LogP contribution in [-0.4, -0.2) is 18.6 Å². The highest BCUT2D eigenvalue weighted by molar-refractivity contribution is 5.81. The van der Waals surface area contributed by atoms with E-state index in [1.165, 1.54) is 5.56 Å². The third-order valence-electron chi connectivity index (χ3n) is 3.68. The summed E-state index contributed by atoms with van der Waals surface area (Å²) >= 11 is 0. The van der Waals surface area contributed by atoms with Gasteiger partial charge in [0.15, 0.2) is 0 Å². The Bertz CT molecular complexity index is 419. The molecule has 3 nitrogen and oxygen atoms in total. The lowest BCUT2D eigenvalue weighted by molar-refractivity contribution is -0.130. The summed E-state index contributed by atoms with van der Waals surface area (Å²) in [7, 11) is 0. The van der Waals surface area contributed by atoms with Gasteiger partial charge in [0.25, 0.3) is 0 Å². The molecule has 1 aromatic rings. The zero-order valence-electron chi connectivity index (χ0n) is 12.0. The lowest BCUT2D eigenvalue weighted by Gasteiger charge is -2.18. The third-order valence-corrected chi connectivity index (χ3v) is 3.68. The normalized spacial score (nSPS) is 20.5. The van der Waals surface area contributed by atoms with E-state index < -0.39 is 0 Å². The predicted octanol–water partition coefficient (Wildman–Crippen LogP) is 3.17. The highest BCUT2D eigenvalue weighted by Crippen LogP contribution is 2.19. The highest BCUT2D eigenvalue weighted by Gasteiger charge is 2.24. The number of carbonyl (C=O) groups excluding carboxylic acids is 1. The van der Waals surface area contributed by atoms with Crippen LogP contribution in [0.5, 0.6) is 0 Å². The molecule has 3 heteroatoms. The van der Waals surface area contributed by atoms with Gasteiger partial charge in [-0.3, -0.25) is 4.79 Å². The topological polar surface area (TPSA) is 38.3 Å². The van der Waals surface area contributed by atoms with Crippen molar-refractivity contribution in [3.63, 3.8) is 0 Å². The van der Waals surface area contributed by atoms with Gasteiger partial charge < -0.3 is 10.1 Å². The third kappa shape index (κ3) is 3.57. The molecule has 0 radical (unpaired) electrons. The van der Waals surface area contributed by atoms with Crippen molar-refractivity contribution in [3.8, 4) is 0 Å². The lowest BCUT2D eigenvalue weighted by Crippen LogP contribution is -2.35. The Morgan fingerprint density at radius 3 is 2.37 bits per heavy atom. The van der Waals surface area contributed by atoms with Crippen LogP contribution in [0.2, 0.25) is 0 Å². The van der Waals surface area contributed by atoms with Crippen LogP contribution >= 0.6 is 0 Å². The van der Waals surface area contributed by atoms with Crippen molar-refractivity contribution < 1.29 is 9.53 Å². The number of carbonyl (C=O) groups is 1. The summed E-state index contributed by atoms with van der Waals surface area (Å²) in [6.07, 6.45) is 1.57. The molecule has 0 saturated carbocycles. The number of hydrogen-bond donors (Lipinski definition) is 1. The Morgan fingerprint density at radius 2 is 1.84 bits per heavy atom. The molecule has 0 bridgehead atoms. The largest absolute Gasteiger partial charge is 0.368 e. The number of benzene rings is 1. The van der Waals surface area contributed by atoms with Crippen molar-refractivity contribution in [2.24, 2.45) is 0 Å². The first-order valence-electron chi connectivity index (χ1n) is 7.09. The summed E-state index contributed by atoms with van der Waals surface area (Å²) in [6, 6.07) is 8.48. The maximum atomic E-state index is 12.0. The molecule has 1 aliphatic rings. The minimum Gasteiger partial charge on any atom is -0.368 e. The second-order valence-electron chi connectivity index (χ2n) is 5.55. The average Bonchev–Trinajstić information content (AvgIpc) is 2.92. The minimum absolute atomic E-state index is 0.0120. The molecule has 19 heavy (non-hydrogen) atoms. The van der Waals surface area contributed by atoms with E-state index in [1.54, 1.807) is 0 Å². The summed E-state index contributed by atoms with van der Waals surface area (Å²) in [6.45, 7) is 7.07. The van der Waals surface area contributed by atoms with E-state index in [2.05, 4.69) is 43.4 Å². The molecule has 104 valence electrons. The highest BCUT2D eigenvalue weighted by atomic mass is 16.5. The molecule has 2 rings (SSSR count). The van der Waals surface area contributed by atoms with E-state index in [9.17, 15) is 4.79 Å². The van der Waals surface area contributed by atoms with E-state index in [0.29, 0.717) is 12.5 Å². The molecule has 1 aromatic carbocycles. The van der Waals surface area contributed by atoms with Crippen LogP contribution in [0.1, 0.15) is 56.7 Å². The van der Waals surface area contributed by atoms with E-state index in [1.807, 2.05) is 6.92 Å². The number of rotatable bonds is 4. The molecule has 0 unspecified atom stereocenters. The van der Waals surface area contributed by atoms with Crippen molar-refractivity contribution in [3.05, 3.63) is 35.4 Å². The SMILES string of the molecule is CC(C)c1ccc([C@H](C)NC(=O)[C@@H]2CCCO2)cc1. The minimum atomic E-state index is -0.252. The van der Waals surface area contributed by atoms with Gasteiger partial charge >= 0.3 is 0 Å². The molecule has 1 N–H and O–H groups in total. The Hall–Kier alpha value is -1.35. The van der Waals surface area contributed by atoms with Crippen LogP contribution in [0, 0.1) is 0 Å². The first-order valence-corrected chi connectivity index (χ1v) is 7.09. The summed E-state index contributed by atoms with van der Waals surface area (Å²) in [5, 5.41) is 3.02. The zero-order chi connectivity index (χ0) is 13.8. The first kappa shape index (κ1) is 14.1. The maximum Gasteiger partial charge on any atom is 0.249 e. The van der Waals surface area contributed by atoms with Crippen LogP contribution in [0.25, 0.3) is 0 Å². The van der Waals surface area contributed by atoms with Crippen molar-refractivity contribution in [1.82, 2.24) is 5.32 Å². The van der Waals surface area contributed by atoms with Crippen molar-refractivity contribution >= 4 is 5.91 Å². The van der Waals surface area contributed by atoms with Gasteiger partial charge in [-0.25, -0.2) is 0 Å². The Balaban J connectivity index is 1.95. The monoisotopic (exact) mass is 261 g/mol. The smallest absolute Gasteiger partial charge is 0.249 e. The van der Waals surface area contributed by atoms with Crippen molar-refractivity contribution in [2.45, 2.75) is 51.7 Å². The number of amides is 1. The molecule has 2 atom stereocenters. The summed E-state index contributed by atoms with van der Waals surface area (Å²) < 4.78 is 5.39. The summed E-state index contributed by atoms with van der Waals surface area (Å²) in [4.78, 5) is 12.0. The molecule has 0 aliphatic carbocycles. The van der Waals surface area contributed by atoms with Crippen LogP contribution in [0.3, 0.4) is 0 Å². The van der Waals surface area contributed by atoms with Gasteiger partial charge in [0.1, 0.15) is 6.10 Å². The van der Waals surface area contributed by atoms with E-state index >= 15 is 0 Å².